The maximum Gasteiger partial charge on any atom is 0.257 e. The van der Waals surface area contributed by atoms with E-state index in [9.17, 15) is 26.7 Å². The Hall–Kier alpha value is -2.67. The fourth-order valence-electron chi connectivity index (χ4n) is 3.30. The number of carbonyl (C=O) groups is 1. The first-order chi connectivity index (χ1) is 14.4. The van der Waals surface area contributed by atoms with Gasteiger partial charge in [-0.3, -0.25) is 4.79 Å². The number of sulfonamides is 2. The van der Waals surface area contributed by atoms with Crippen molar-refractivity contribution in [3.8, 4) is 11.5 Å². The number of primary sulfonamides is 1. The van der Waals surface area contributed by atoms with Gasteiger partial charge in [-0.2, -0.15) is 4.31 Å². The molecule has 0 unspecified atom stereocenters. The highest BCUT2D eigenvalue weighted by Crippen LogP contribution is 2.28. The maximum atomic E-state index is 13.0. The van der Waals surface area contributed by atoms with Crippen molar-refractivity contribution in [2.45, 2.75) is 16.7 Å². The zero-order valence-electron chi connectivity index (χ0n) is 17.0. The van der Waals surface area contributed by atoms with Crippen molar-refractivity contribution in [2.24, 2.45) is 5.14 Å². The van der Waals surface area contributed by atoms with Gasteiger partial charge in [-0.1, -0.05) is 6.07 Å². The van der Waals surface area contributed by atoms with Crippen molar-refractivity contribution < 1.29 is 31.5 Å². The number of piperazine rings is 1. The molecule has 0 spiro atoms. The molecule has 10 nitrogen and oxygen atoms in total. The normalized spacial score (nSPS) is 15.6. The Morgan fingerprint density at radius 2 is 1.68 bits per heavy atom. The van der Waals surface area contributed by atoms with E-state index >= 15 is 0 Å². The van der Waals surface area contributed by atoms with Gasteiger partial charge in [0.25, 0.3) is 5.91 Å². The van der Waals surface area contributed by atoms with Crippen LogP contribution in [0.25, 0.3) is 0 Å². The summed E-state index contributed by atoms with van der Waals surface area (Å²) >= 11 is 0. The number of rotatable bonds is 5. The first-order valence-corrected chi connectivity index (χ1v) is 12.2. The molecular weight excluding hydrogens is 446 g/mol. The second-order valence-corrected chi connectivity index (χ2v) is 10.5. The molecule has 2 aromatic rings. The van der Waals surface area contributed by atoms with Crippen molar-refractivity contribution in [3.05, 3.63) is 47.5 Å². The average molecular weight is 470 g/mol. The van der Waals surface area contributed by atoms with Crippen LogP contribution in [0.15, 0.2) is 46.2 Å². The molecule has 12 heteroatoms. The van der Waals surface area contributed by atoms with Gasteiger partial charge < -0.3 is 14.7 Å². The van der Waals surface area contributed by atoms with Crippen LogP contribution in [-0.4, -0.2) is 70.3 Å². The van der Waals surface area contributed by atoms with E-state index in [0.717, 1.165) is 6.07 Å². The smallest absolute Gasteiger partial charge is 0.257 e. The molecule has 0 aliphatic carbocycles. The average Bonchev–Trinajstić information content (AvgIpc) is 2.73. The van der Waals surface area contributed by atoms with Gasteiger partial charge in [-0.25, -0.2) is 22.0 Å². The Balaban J connectivity index is 1.81. The van der Waals surface area contributed by atoms with Crippen molar-refractivity contribution in [2.75, 3.05) is 33.3 Å². The minimum absolute atomic E-state index is 0.0125. The number of aryl methyl sites for hydroxylation is 1. The summed E-state index contributed by atoms with van der Waals surface area (Å²) in [5.74, 6) is -0.663. The fraction of sp³-hybridized carbons (Fsp3) is 0.316. The summed E-state index contributed by atoms with van der Waals surface area (Å²) in [4.78, 5) is 14.0. The van der Waals surface area contributed by atoms with Gasteiger partial charge in [-0.15, -0.1) is 0 Å². The van der Waals surface area contributed by atoms with E-state index in [0.29, 0.717) is 5.56 Å². The Labute approximate surface area is 180 Å². The lowest BCUT2D eigenvalue weighted by atomic mass is 10.1. The number of aromatic hydroxyl groups is 1. The van der Waals surface area contributed by atoms with Crippen molar-refractivity contribution in [3.63, 3.8) is 0 Å². The van der Waals surface area contributed by atoms with Crippen LogP contribution in [0.4, 0.5) is 0 Å². The van der Waals surface area contributed by atoms with E-state index in [1.165, 1.54) is 40.6 Å². The molecule has 0 aromatic heterocycles. The van der Waals surface area contributed by atoms with Gasteiger partial charge in [0.15, 0.2) is 0 Å². The Bertz CT molecular complexity index is 1220. The summed E-state index contributed by atoms with van der Waals surface area (Å²) < 4.78 is 55.5. The number of benzene rings is 2. The molecule has 3 rings (SSSR count). The van der Waals surface area contributed by atoms with Crippen LogP contribution < -0.4 is 9.88 Å². The van der Waals surface area contributed by atoms with Gasteiger partial charge in [0.05, 0.1) is 17.6 Å². The predicted octanol–water partition coefficient (Wildman–Crippen LogP) is 0.503. The van der Waals surface area contributed by atoms with Crippen molar-refractivity contribution in [1.29, 1.82) is 0 Å². The number of hydrogen-bond acceptors (Lipinski definition) is 7. The molecule has 31 heavy (non-hydrogen) atoms. The second-order valence-electron chi connectivity index (χ2n) is 7.07. The van der Waals surface area contributed by atoms with Gasteiger partial charge >= 0.3 is 0 Å². The molecule has 1 fully saturated rings. The molecule has 0 atom stereocenters. The largest absolute Gasteiger partial charge is 0.507 e. The predicted molar refractivity (Wildman–Crippen MR) is 112 cm³/mol. The lowest BCUT2D eigenvalue weighted by Gasteiger charge is -2.34. The molecule has 1 amide bonds. The Kier molecular flexibility index (Phi) is 6.28. The standard InChI is InChI=1S/C19H23N3O7S2/c1-13-3-5-16(23)18(11-13)31(27,28)22-9-7-21(8-10-22)19(24)15-12-14(30(20,25)26)4-6-17(15)29-2/h3-6,11-12,23H,7-10H2,1-2H3,(H2,20,25,26). The number of phenols is 1. The highest BCUT2D eigenvalue weighted by atomic mass is 32.2. The monoisotopic (exact) mass is 469 g/mol. The van der Waals surface area contributed by atoms with Crippen LogP contribution >= 0.6 is 0 Å². The molecule has 1 saturated heterocycles. The van der Waals surface area contributed by atoms with Gasteiger partial charge in [-0.05, 0) is 42.8 Å². The minimum atomic E-state index is -4.02. The zero-order valence-corrected chi connectivity index (χ0v) is 18.6. The van der Waals surface area contributed by atoms with E-state index in [1.54, 1.807) is 13.0 Å². The molecule has 1 heterocycles. The number of nitrogens with two attached hydrogens (primary N) is 1. The van der Waals surface area contributed by atoms with Gasteiger partial charge in [0.1, 0.15) is 16.4 Å². The number of nitrogens with zero attached hydrogens (tertiary/aromatic N) is 2. The number of phenolic OH excluding ortho intramolecular Hbond substituents is 1. The molecular formula is C19H23N3O7S2. The van der Waals surface area contributed by atoms with Crippen molar-refractivity contribution >= 4 is 26.0 Å². The molecule has 0 bridgehead atoms. The quantitative estimate of drug-likeness (QED) is 0.648. The first kappa shape index (κ1) is 23.0. The molecule has 2 aromatic carbocycles. The number of carbonyl (C=O) groups excluding carboxylic acids is 1. The van der Waals surface area contributed by atoms with E-state index in [4.69, 9.17) is 9.88 Å². The second kappa shape index (κ2) is 8.46. The zero-order chi connectivity index (χ0) is 23.0. The van der Waals surface area contributed by atoms with Crippen LogP contribution in [0, 0.1) is 6.92 Å². The molecule has 1 aliphatic rings. The fourth-order valence-corrected chi connectivity index (χ4v) is 5.43. The summed E-state index contributed by atoms with van der Waals surface area (Å²) in [5.41, 5.74) is 0.702. The molecule has 0 radical (unpaired) electrons. The molecule has 3 N–H and O–H groups in total. The summed E-state index contributed by atoms with van der Waals surface area (Å²) in [6.07, 6.45) is 0. The van der Waals surface area contributed by atoms with Gasteiger partial charge in [0.2, 0.25) is 20.0 Å². The van der Waals surface area contributed by atoms with E-state index < -0.39 is 26.0 Å². The van der Waals surface area contributed by atoms with Crippen LogP contribution in [0.3, 0.4) is 0 Å². The summed E-state index contributed by atoms with van der Waals surface area (Å²) in [7, 11) is -6.61. The Morgan fingerprint density at radius 1 is 1.03 bits per heavy atom. The summed E-state index contributed by atoms with van der Waals surface area (Å²) in [6.45, 7) is 1.90. The van der Waals surface area contributed by atoms with Crippen molar-refractivity contribution in [1.82, 2.24) is 9.21 Å². The highest BCUT2D eigenvalue weighted by Gasteiger charge is 2.33. The summed E-state index contributed by atoms with van der Waals surface area (Å²) in [6, 6.07) is 8.05. The number of amides is 1. The topological polar surface area (TPSA) is 147 Å². The van der Waals surface area contributed by atoms with Crippen LogP contribution in [-0.2, 0) is 20.0 Å². The number of hydrogen-bond donors (Lipinski definition) is 2. The number of ether oxygens (including phenoxy) is 1. The molecule has 168 valence electrons. The third-order valence-electron chi connectivity index (χ3n) is 4.99. The lowest BCUT2D eigenvalue weighted by molar-refractivity contribution is 0.0694. The van der Waals surface area contributed by atoms with Crippen LogP contribution in [0.1, 0.15) is 15.9 Å². The van der Waals surface area contributed by atoms with Crippen LogP contribution in [0.5, 0.6) is 11.5 Å². The molecule has 1 aliphatic heterocycles. The van der Waals surface area contributed by atoms with E-state index in [-0.39, 0.29) is 53.0 Å². The summed E-state index contributed by atoms with van der Waals surface area (Å²) in [5, 5.41) is 15.1. The number of methoxy groups -OCH3 is 1. The van der Waals surface area contributed by atoms with Crippen LogP contribution in [0.2, 0.25) is 0 Å². The first-order valence-electron chi connectivity index (χ1n) is 9.25. The van der Waals surface area contributed by atoms with E-state index in [1.807, 2.05) is 0 Å². The third kappa shape index (κ3) is 4.66. The SMILES string of the molecule is COc1ccc(S(N)(=O)=O)cc1C(=O)N1CCN(S(=O)(=O)c2cc(C)ccc2O)CC1. The maximum absolute atomic E-state index is 13.0. The lowest BCUT2D eigenvalue weighted by Crippen LogP contribution is -2.50. The highest BCUT2D eigenvalue weighted by molar-refractivity contribution is 7.89. The van der Waals surface area contributed by atoms with Gasteiger partial charge in [0, 0.05) is 26.2 Å². The third-order valence-corrected chi connectivity index (χ3v) is 7.83. The minimum Gasteiger partial charge on any atom is -0.507 e. The van der Waals surface area contributed by atoms with E-state index in [2.05, 4.69) is 0 Å². The molecule has 0 saturated carbocycles. The Morgan fingerprint density at radius 3 is 2.26 bits per heavy atom.